The van der Waals surface area contributed by atoms with Gasteiger partial charge in [0.05, 0.1) is 11.7 Å². The number of carbonyl (C=O) groups excluding carboxylic acids is 2. The average molecular weight is 347 g/mol. The Bertz CT molecular complexity index is 610. The van der Waals surface area contributed by atoms with Crippen LogP contribution in [0.3, 0.4) is 0 Å². The van der Waals surface area contributed by atoms with Crippen LogP contribution in [-0.2, 0) is 14.3 Å². The molecule has 1 saturated heterocycles. The van der Waals surface area contributed by atoms with Crippen molar-refractivity contribution in [1.82, 2.24) is 5.32 Å². The van der Waals surface area contributed by atoms with Crippen LogP contribution in [0.15, 0.2) is 12.1 Å². The van der Waals surface area contributed by atoms with Gasteiger partial charge in [-0.15, -0.1) is 0 Å². The normalized spacial score (nSPS) is 18.2. The first-order chi connectivity index (χ1) is 11.8. The number of rotatable bonds is 6. The topological polar surface area (TPSA) is 64.6 Å². The Hall–Kier alpha value is -1.88. The lowest BCUT2D eigenvalue weighted by Gasteiger charge is -2.22. The molecular formula is C20H29NO4. The molecule has 0 aromatic heterocycles. The van der Waals surface area contributed by atoms with Gasteiger partial charge in [0.1, 0.15) is 0 Å². The number of hydrogen-bond donors (Lipinski definition) is 1. The van der Waals surface area contributed by atoms with Crippen LogP contribution in [0.5, 0.6) is 0 Å². The zero-order chi connectivity index (χ0) is 18.6. The van der Waals surface area contributed by atoms with Gasteiger partial charge in [-0.1, -0.05) is 31.5 Å². The minimum absolute atomic E-state index is 0.0639. The van der Waals surface area contributed by atoms with Gasteiger partial charge in [0.2, 0.25) is 0 Å². The molecule has 2 rings (SSSR count). The number of amides is 1. The molecule has 0 bridgehead atoms. The highest BCUT2D eigenvalue weighted by Gasteiger charge is 2.29. The van der Waals surface area contributed by atoms with Crippen molar-refractivity contribution in [1.29, 1.82) is 0 Å². The van der Waals surface area contributed by atoms with E-state index >= 15 is 0 Å². The summed E-state index contributed by atoms with van der Waals surface area (Å²) in [7, 11) is 0. The van der Waals surface area contributed by atoms with Crippen LogP contribution >= 0.6 is 0 Å². The van der Waals surface area contributed by atoms with Crippen LogP contribution in [0, 0.1) is 26.7 Å². The maximum absolute atomic E-state index is 12.7. The van der Waals surface area contributed by atoms with Crippen molar-refractivity contribution in [2.24, 2.45) is 5.92 Å². The molecule has 5 nitrogen and oxygen atoms in total. The van der Waals surface area contributed by atoms with E-state index < -0.39 is 12.1 Å². The van der Waals surface area contributed by atoms with E-state index in [4.69, 9.17) is 9.47 Å². The zero-order valence-electron chi connectivity index (χ0n) is 15.8. The Labute approximate surface area is 150 Å². The summed E-state index contributed by atoms with van der Waals surface area (Å²) in [5.74, 6) is -0.818. The Morgan fingerprint density at radius 1 is 1.24 bits per heavy atom. The van der Waals surface area contributed by atoms with Crippen molar-refractivity contribution in [2.45, 2.75) is 59.7 Å². The molecule has 138 valence electrons. The molecule has 1 amide bonds. The molecule has 1 aliphatic rings. The Morgan fingerprint density at radius 2 is 1.88 bits per heavy atom. The quantitative estimate of drug-likeness (QED) is 0.803. The van der Waals surface area contributed by atoms with Crippen molar-refractivity contribution in [3.8, 4) is 0 Å². The first kappa shape index (κ1) is 19.4. The minimum atomic E-state index is -0.811. The average Bonchev–Trinajstić information content (AvgIpc) is 3.02. The summed E-state index contributed by atoms with van der Waals surface area (Å²) in [5.41, 5.74) is 3.37. The van der Waals surface area contributed by atoms with E-state index in [0.29, 0.717) is 12.1 Å². The van der Waals surface area contributed by atoms with E-state index in [-0.39, 0.29) is 17.9 Å². The van der Waals surface area contributed by atoms with Gasteiger partial charge in [0.25, 0.3) is 5.91 Å². The summed E-state index contributed by atoms with van der Waals surface area (Å²) >= 11 is 0. The van der Waals surface area contributed by atoms with Crippen LogP contribution in [0.2, 0.25) is 0 Å². The minimum Gasteiger partial charge on any atom is -0.448 e. The molecule has 2 atom stereocenters. The van der Waals surface area contributed by atoms with Crippen molar-refractivity contribution in [3.63, 3.8) is 0 Å². The van der Waals surface area contributed by atoms with Gasteiger partial charge in [-0.25, -0.2) is 4.79 Å². The van der Waals surface area contributed by atoms with E-state index in [0.717, 1.165) is 36.1 Å². The van der Waals surface area contributed by atoms with Gasteiger partial charge in [-0.05, 0) is 50.7 Å². The SMILES string of the molecule is Cc1cc(C)c(C(=O)O[C@H](C(=O)NC[C@@H]2CCCO2)C(C)C)c(C)c1. The maximum atomic E-state index is 12.7. The molecule has 1 aromatic rings. The Kier molecular flexibility index (Phi) is 6.59. The van der Waals surface area contributed by atoms with E-state index in [1.165, 1.54) is 0 Å². The van der Waals surface area contributed by atoms with Crippen LogP contribution in [0.1, 0.15) is 53.7 Å². The standard InChI is InChI=1S/C20H29NO4/c1-12(2)18(19(22)21-11-16-7-6-8-24-16)25-20(23)17-14(4)9-13(3)10-15(17)5/h9-10,12,16,18H,6-8,11H2,1-5H3,(H,21,22)/t16-,18-/m0/s1. The lowest BCUT2D eigenvalue weighted by atomic mass is 9.99. The summed E-state index contributed by atoms with van der Waals surface area (Å²) in [4.78, 5) is 25.1. The van der Waals surface area contributed by atoms with Gasteiger partial charge in [0, 0.05) is 13.2 Å². The van der Waals surface area contributed by atoms with Crippen molar-refractivity contribution >= 4 is 11.9 Å². The molecule has 1 aromatic carbocycles. The van der Waals surface area contributed by atoms with E-state index in [2.05, 4.69) is 5.32 Å². The van der Waals surface area contributed by atoms with E-state index in [1.807, 2.05) is 46.8 Å². The van der Waals surface area contributed by atoms with Crippen LogP contribution in [0.25, 0.3) is 0 Å². The Morgan fingerprint density at radius 3 is 2.40 bits per heavy atom. The van der Waals surface area contributed by atoms with E-state index in [1.54, 1.807) is 0 Å². The van der Waals surface area contributed by atoms with Crippen molar-refractivity contribution in [2.75, 3.05) is 13.2 Å². The first-order valence-electron chi connectivity index (χ1n) is 8.97. The lowest BCUT2D eigenvalue weighted by molar-refractivity contribution is -0.132. The molecule has 1 N–H and O–H groups in total. The summed E-state index contributed by atoms with van der Waals surface area (Å²) in [6.07, 6.45) is 1.23. The highest BCUT2D eigenvalue weighted by molar-refractivity contribution is 5.95. The number of nitrogens with one attached hydrogen (secondary N) is 1. The molecule has 1 fully saturated rings. The molecule has 1 heterocycles. The molecule has 0 radical (unpaired) electrons. The van der Waals surface area contributed by atoms with Crippen LogP contribution in [-0.4, -0.2) is 37.2 Å². The second-order valence-electron chi connectivity index (χ2n) is 7.22. The van der Waals surface area contributed by atoms with Crippen LogP contribution < -0.4 is 5.32 Å². The number of esters is 1. The fourth-order valence-corrected chi connectivity index (χ4v) is 3.29. The number of benzene rings is 1. The lowest BCUT2D eigenvalue weighted by Crippen LogP contribution is -2.43. The second-order valence-corrected chi connectivity index (χ2v) is 7.22. The third kappa shape index (κ3) is 5.05. The summed E-state index contributed by atoms with van der Waals surface area (Å²) in [6, 6.07) is 3.90. The third-order valence-corrected chi connectivity index (χ3v) is 4.51. The number of hydrogen-bond acceptors (Lipinski definition) is 4. The van der Waals surface area contributed by atoms with Crippen LogP contribution in [0.4, 0.5) is 0 Å². The molecule has 0 aliphatic carbocycles. The highest BCUT2D eigenvalue weighted by atomic mass is 16.5. The molecule has 5 heteroatoms. The monoisotopic (exact) mass is 347 g/mol. The molecule has 1 aliphatic heterocycles. The van der Waals surface area contributed by atoms with Gasteiger partial charge < -0.3 is 14.8 Å². The predicted octanol–water partition coefficient (Wildman–Crippen LogP) is 3.09. The Balaban J connectivity index is 2.05. The molecule has 25 heavy (non-hydrogen) atoms. The zero-order valence-corrected chi connectivity index (χ0v) is 15.8. The summed E-state index contributed by atoms with van der Waals surface area (Å²) in [5, 5.41) is 2.86. The highest BCUT2D eigenvalue weighted by Crippen LogP contribution is 2.20. The van der Waals surface area contributed by atoms with Crippen molar-refractivity contribution in [3.05, 3.63) is 34.4 Å². The fraction of sp³-hybridized carbons (Fsp3) is 0.600. The molecule has 0 unspecified atom stereocenters. The fourth-order valence-electron chi connectivity index (χ4n) is 3.29. The largest absolute Gasteiger partial charge is 0.448 e. The summed E-state index contributed by atoms with van der Waals surface area (Å²) in [6.45, 7) is 10.7. The van der Waals surface area contributed by atoms with Gasteiger partial charge in [-0.2, -0.15) is 0 Å². The van der Waals surface area contributed by atoms with E-state index in [9.17, 15) is 9.59 Å². The van der Waals surface area contributed by atoms with Gasteiger partial charge in [0.15, 0.2) is 6.10 Å². The second kappa shape index (κ2) is 8.48. The molecule has 0 saturated carbocycles. The predicted molar refractivity (Wildman–Crippen MR) is 96.7 cm³/mol. The number of carbonyl (C=O) groups is 2. The summed E-state index contributed by atoms with van der Waals surface area (Å²) < 4.78 is 11.1. The molecular weight excluding hydrogens is 318 g/mol. The smallest absolute Gasteiger partial charge is 0.339 e. The number of ether oxygens (including phenoxy) is 2. The number of aryl methyl sites for hydroxylation is 3. The first-order valence-corrected chi connectivity index (χ1v) is 8.97. The van der Waals surface area contributed by atoms with Crippen molar-refractivity contribution < 1.29 is 19.1 Å². The third-order valence-electron chi connectivity index (χ3n) is 4.51. The maximum Gasteiger partial charge on any atom is 0.339 e. The molecule has 0 spiro atoms. The van der Waals surface area contributed by atoms with Gasteiger partial charge in [-0.3, -0.25) is 4.79 Å². The van der Waals surface area contributed by atoms with Gasteiger partial charge >= 0.3 is 5.97 Å².